The Balaban J connectivity index is 1.68. The van der Waals surface area contributed by atoms with Gasteiger partial charge < -0.3 is 5.73 Å². The van der Waals surface area contributed by atoms with Crippen molar-refractivity contribution in [3.63, 3.8) is 0 Å². The average Bonchev–Trinajstić information content (AvgIpc) is 2.89. The van der Waals surface area contributed by atoms with Crippen LogP contribution < -0.4 is 10.6 Å². The summed E-state index contributed by atoms with van der Waals surface area (Å²) in [6.07, 6.45) is 0.895. The fraction of sp³-hybridized carbons (Fsp3) is 0.294. The van der Waals surface area contributed by atoms with Gasteiger partial charge in [0.1, 0.15) is 11.6 Å². The standard InChI is InChI=1S/C34H34FN3OS/c1-20-10-6-9-13-30(20)40-19-23-15-24(22(3)14-21(23)2)31-25(18-36)33(37)38(27-12-8-7-11-26(27)35)28-16-34(4,5)17-29(39)32(28)31/h6-15,31H,16-17,19,37H2,1-5H3. The number of halogens is 1. The van der Waals surface area contributed by atoms with Crippen LogP contribution in [0.3, 0.4) is 0 Å². The van der Waals surface area contributed by atoms with Gasteiger partial charge >= 0.3 is 0 Å². The highest BCUT2D eigenvalue weighted by Crippen LogP contribution is 2.51. The van der Waals surface area contributed by atoms with Crippen LogP contribution in [0.15, 0.2) is 88.2 Å². The Morgan fingerprint density at radius 1 is 1.02 bits per heavy atom. The molecular formula is C34H34FN3OS. The molecule has 1 aliphatic heterocycles. The second kappa shape index (κ2) is 10.6. The summed E-state index contributed by atoms with van der Waals surface area (Å²) in [5.74, 6) is -0.141. The summed E-state index contributed by atoms with van der Waals surface area (Å²) in [6, 6.07) is 21.3. The first-order valence-corrected chi connectivity index (χ1v) is 14.5. The smallest absolute Gasteiger partial charge is 0.162 e. The lowest BCUT2D eigenvalue weighted by Crippen LogP contribution is -2.42. The lowest BCUT2D eigenvalue weighted by molar-refractivity contribution is -0.118. The van der Waals surface area contributed by atoms with Gasteiger partial charge in [0.15, 0.2) is 5.78 Å². The fourth-order valence-corrected chi connectivity index (χ4v) is 7.08. The highest BCUT2D eigenvalue weighted by molar-refractivity contribution is 7.98. The van der Waals surface area contributed by atoms with E-state index in [0.29, 0.717) is 24.1 Å². The Labute approximate surface area is 240 Å². The number of nitrogens with zero attached hydrogens (tertiary/aromatic N) is 2. The molecular weight excluding hydrogens is 517 g/mol. The molecule has 1 heterocycles. The van der Waals surface area contributed by atoms with E-state index in [1.807, 2.05) is 32.9 Å². The lowest BCUT2D eigenvalue weighted by atomic mass is 9.68. The van der Waals surface area contributed by atoms with Crippen molar-refractivity contribution in [2.75, 3.05) is 4.90 Å². The molecule has 0 aromatic heterocycles. The van der Waals surface area contributed by atoms with E-state index in [9.17, 15) is 10.1 Å². The Kier molecular flexibility index (Phi) is 7.37. The van der Waals surface area contributed by atoms with Gasteiger partial charge in [0, 0.05) is 28.3 Å². The van der Waals surface area contributed by atoms with Crippen LogP contribution in [-0.4, -0.2) is 5.78 Å². The van der Waals surface area contributed by atoms with E-state index in [0.717, 1.165) is 28.0 Å². The Hall–Kier alpha value is -3.82. The Morgan fingerprint density at radius 2 is 1.73 bits per heavy atom. The predicted octanol–water partition coefficient (Wildman–Crippen LogP) is 7.98. The van der Waals surface area contributed by atoms with E-state index in [4.69, 9.17) is 5.73 Å². The minimum Gasteiger partial charge on any atom is -0.384 e. The topological polar surface area (TPSA) is 70.1 Å². The minimum atomic E-state index is -0.602. The molecule has 2 N–H and O–H groups in total. The van der Waals surface area contributed by atoms with Crippen LogP contribution in [0, 0.1) is 43.3 Å². The number of hydrogen-bond donors (Lipinski definition) is 1. The van der Waals surface area contributed by atoms with E-state index in [-0.39, 0.29) is 28.3 Å². The van der Waals surface area contributed by atoms with Crippen LogP contribution in [0.25, 0.3) is 0 Å². The molecule has 0 bridgehead atoms. The third-order valence-corrected chi connectivity index (χ3v) is 9.21. The molecule has 1 aliphatic carbocycles. The van der Waals surface area contributed by atoms with E-state index in [1.165, 1.54) is 16.5 Å². The van der Waals surface area contributed by atoms with Gasteiger partial charge in [-0.05, 0) is 78.6 Å². The van der Waals surface area contributed by atoms with Crippen LogP contribution in [-0.2, 0) is 10.5 Å². The number of benzene rings is 3. The molecule has 0 amide bonds. The maximum absolute atomic E-state index is 15.1. The van der Waals surface area contributed by atoms with E-state index < -0.39 is 11.7 Å². The van der Waals surface area contributed by atoms with E-state index >= 15 is 4.39 Å². The van der Waals surface area contributed by atoms with Gasteiger partial charge in [0.25, 0.3) is 0 Å². The number of rotatable bonds is 5. The van der Waals surface area contributed by atoms with Crippen molar-refractivity contribution in [2.24, 2.45) is 11.1 Å². The number of para-hydroxylation sites is 1. The van der Waals surface area contributed by atoms with Crippen LogP contribution in [0.5, 0.6) is 0 Å². The summed E-state index contributed by atoms with van der Waals surface area (Å²) in [5, 5.41) is 10.5. The van der Waals surface area contributed by atoms with Gasteiger partial charge in [-0.25, -0.2) is 4.39 Å². The maximum atomic E-state index is 15.1. The van der Waals surface area contributed by atoms with E-state index in [1.54, 1.807) is 34.9 Å². The normalized spacial score (nSPS) is 18.6. The molecule has 0 spiro atoms. The van der Waals surface area contributed by atoms with Crippen LogP contribution in [0.2, 0.25) is 0 Å². The molecule has 3 aromatic carbocycles. The monoisotopic (exact) mass is 551 g/mol. The number of nitrogens with two attached hydrogens (primary N) is 1. The van der Waals surface area contributed by atoms with Crippen molar-refractivity contribution in [3.8, 4) is 6.07 Å². The Morgan fingerprint density at radius 3 is 2.42 bits per heavy atom. The van der Waals surface area contributed by atoms with Crippen LogP contribution in [0.4, 0.5) is 10.1 Å². The third kappa shape index (κ3) is 4.95. The molecule has 0 saturated heterocycles. The number of thioether (sulfide) groups is 1. The van der Waals surface area contributed by atoms with Gasteiger partial charge in [0.05, 0.1) is 23.2 Å². The molecule has 6 heteroatoms. The van der Waals surface area contributed by atoms with Crippen molar-refractivity contribution in [1.29, 1.82) is 5.26 Å². The predicted molar refractivity (Wildman–Crippen MR) is 160 cm³/mol. The highest BCUT2D eigenvalue weighted by Gasteiger charge is 2.45. The average molecular weight is 552 g/mol. The van der Waals surface area contributed by atoms with Gasteiger partial charge in [-0.2, -0.15) is 5.26 Å². The van der Waals surface area contributed by atoms with Gasteiger partial charge in [0.2, 0.25) is 0 Å². The molecule has 4 nitrogen and oxygen atoms in total. The zero-order valence-electron chi connectivity index (χ0n) is 23.6. The Bertz CT molecular complexity index is 1630. The van der Waals surface area contributed by atoms with Gasteiger partial charge in [-0.15, -0.1) is 11.8 Å². The number of hydrogen-bond acceptors (Lipinski definition) is 5. The van der Waals surface area contributed by atoms with Crippen molar-refractivity contribution < 1.29 is 9.18 Å². The van der Waals surface area contributed by atoms with Crippen molar-refractivity contribution >= 4 is 23.2 Å². The molecule has 1 unspecified atom stereocenters. The van der Waals surface area contributed by atoms with Crippen molar-refractivity contribution in [1.82, 2.24) is 0 Å². The van der Waals surface area contributed by atoms with E-state index in [2.05, 4.69) is 44.2 Å². The third-order valence-electron chi connectivity index (χ3n) is 7.99. The molecule has 0 saturated carbocycles. The molecule has 1 atom stereocenters. The lowest BCUT2D eigenvalue weighted by Gasteiger charge is -2.44. The molecule has 204 valence electrons. The summed E-state index contributed by atoms with van der Waals surface area (Å²) < 4.78 is 15.1. The first-order valence-electron chi connectivity index (χ1n) is 13.5. The minimum absolute atomic E-state index is 0.0198. The largest absolute Gasteiger partial charge is 0.384 e. The summed E-state index contributed by atoms with van der Waals surface area (Å²) in [7, 11) is 0. The number of allylic oxidation sites excluding steroid dienone is 3. The van der Waals surface area contributed by atoms with Gasteiger partial charge in [-0.1, -0.05) is 56.3 Å². The first-order chi connectivity index (χ1) is 19.0. The summed E-state index contributed by atoms with van der Waals surface area (Å²) in [6.45, 7) is 10.3. The van der Waals surface area contributed by atoms with Crippen LogP contribution >= 0.6 is 11.8 Å². The first kappa shape index (κ1) is 27.7. The maximum Gasteiger partial charge on any atom is 0.162 e. The SMILES string of the molecule is Cc1cc(C)c(C2C(C#N)=C(N)N(c3ccccc3F)C3=C2C(=O)CC(C)(C)C3)cc1CSc1ccccc1C. The summed E-state index contributed by atoms with van der Waals surface area (Å²) in [5.41, 5.74) is 13.6. The number of carbonyl (C=O) groups excluding carboxylic acids is 1. The molecule has 2 aliphatic rings. The number of ketones is 1. The number of anilines is 1. The number of Topliss-reactive ketones (excluding diaryl/α,β-unsaturated/α-hetero) is 1. The van der Waals surface area contributed by atoms with Crippen molar-refractivity contribution in [2.45, 2.75) is 64.0 Å². The number of nitriles is 1. The summed E-state index contributed by atoms with van der Waals surface area (Å²) >= 11 is 1.77. The highest BCUT2D eigenvalue weighted by atomic mass is 32.2. The number of carbonyl (C=O) groups is 1. The summed E-state index contributed by atoms with van der Waals surface area (Å²) in [4.78, 5) is 16.7. The molecule has 0 radical (unpaired) electrons. The molecule has 0 fully saturated rings. The second-order valence-corrected chi connectivity index (χ2v) is 12.6. The zero-order valence-corrected chi connectivity index (χ0v) is 24.5. The molecule has 40 heavy (non-hydrogen) atoms. The van der Waals surface area contributed by atoms with Gasteiger partial charge in [-0.3, -0.25) is 9.69 Å². The molecule has 3 aromatic rings. The number of aryl methyl sites for hydroxylation is 3. The zero-order chi connectivity index (χ0) is 28.8. The quantitative estimate of drug-likeness (QED) is 0.326. The van der Waals surface area contributed by atoms with Crippen LogP contribution in [0.1, 0.15) is 60.4 Å². The fourth-order valence-electron chi connectivity index (χ4n) is 5.98. The second-order valence-electron chi connectivity index (χ2n) is 11.6. The molecule has 5 rings (SSSR count). The van der Waals surface area contributed by atoms with Crippen molar-refractivity contribution in [3.05, 3.63) is 117 Å².